The van der Waals surface area contributed by atoms with E-state index in [1.807, 2.05) is 36.4 Å². The van der Waals surface area contributed by atoms with Crippen LogP contribution < -0.4 is 18.9 Å². The molecule has 0 radical (unpaired) electrons. The highest BCUT2D eigenvalue weighted by atomic mass is 16.5. The summed E-state index contributed by atoms with van der Waals surface area (Å²) in [5.74, 6) is 3.34. The molecule has 0 saturated heterocycles. The van der Waals surface area contributed by atoms with Crippen LogP contribution in [0.2, 0.25) is 0 Å². The van der Waals surface area contributed by atoms with E-state index < -0.39 is 0 Å². The third-order valence-electron chi connectivity index (χ3n) is 15.3. The van der Waals surface area contributed by atoms with Gasteiger partial charge in [0.05, 0.1) is 26.4 Å². The molecule has 6 aromatic rings. The van der Waals surface area contributed by atoms with Gasteiger partial charge in [-0.05, 0) is 258 Å². The van der Waals surface area contributed by atoms with Crippen molar-refractivity contribution in [3.05, 3.63) is 128 Å². The second-order valence-corrected chi connectivity index (χ2v) is 20.1. The molecule has 0 fully saturated rings. The Morgan fingerprint density at radius 1 is 0.418 bits per heavy atom. The van der Waals surface area contributed by atoms with Gasteiger partial charge in [-0.15, -0.1) is 0 Å². The van der Waals surface area contributed by atoms with Gasteiger partial charge in [-0.25, -0.2) is 0 Å². The molecule has 0 spiro atoms. The number of aromatic hydroxyl groups is 2. The zero-order chi connectivity index (χ0) is 46.3. The summed E-state index contributed by atoms with van der Waals surface area (Å²) in [6.45, 7) is 8.41. The van der Waals surface area contributed by atoms with Gasteiger partial charge in [0.2, 0.25) is 0 Å². The average Bonchev–Trinajstić information content (AvgIpc) is 3.34. The van der Waals surface area contributed by atoms with Crippen LogP contribution in [0.1, 0.15) is 127 Å². The topological polar surface area (TPSA) is 77.4 Å². The molecule has 2 N–H and O–H groups in total. The van der Waals surface area contributed by atoms with Crippen molar-refractivity contribution in [1.29, 1.82) is 0 Å². The highest BCUT2D eigenvalue weighted by Gasteiger charge is 2.29. The maximum absolute atomic E-state index is 12.5. The zero-order valence-electron chi connectivity index (χ0n) is 40.6. The number of rotatable bonds is 12. The molecule has 0 bridgehead atoms. The molecule has 0 aliphatic heterocycles. The fraction of sp³-hybridized carbons (Fsp3) is 0.410. The monoisotopic (exact) mass is 897 g/mol. The van der Waals surface area contributed by atoms with Gasteiger partial charge in [-0.1, -0.05) is 12.1 Å². The second-order valence-electron chi connectivity index (χ2n) is 20.1. The SMILES string of the molecule is COc1ccc(O[C@H](C)C[C@@H](C)Oc2ccc(OC)cc2-c2cc(C)cc(-c3c4c(cc5c3CCCC5)CCCC4)c2O)c(-c2cc(C)cc(-c3c4c(cc5c3CCCC5)CCCC4)c2O)c1. The predicted molar refractivity (Wildman–Crippen MR) is 272 cm³/mol. The molecule has 0 unspecified atom stereocenters. The summed E-state index contributed by atoms with van der Waals surface area (Å²) >= 11 is 0. The molecule has 4 aliphatic carbocycles. The maximum atomic E-state index is 12.5. The number of phenolic OH excluding ortho intramolecular Hbond substituents is 2. The Kier molecular flexibility index (Phi) is 12.8. The summed E-state index contributed by atoms with van der Waals surface area (Å²) in [6.07, 6.45) is 18.3. The van der Waals surface area contributed by atoms with Gasteiger partial charge in [0.15, 0.2) is 0 Å². The Labute approximate surface area is 398 Å². The third-order valence-corrected chi connectivity index (χ3v) is 15.3. The van der Waals surface area contributed by atoms with Crippen molar-refractivity contribution in [3.63, 3.8) is 0 Å². The lowest BCUT2D eigenvalue weighted by molar-refractivity contribution is 0.131. The van der Waals surface area contributed by atoms with Gasteiger partial charge in [0.1, 0.15) is 34.5 Å². The van der Waals surface area contributed by atoms with Crippen molar-refractivity contribution in [2.24, 2.45) is 0 Å². The zero-order valence-corrected chi connectivity index (χ0v) is 40.6. The van der Waals surface area contributed by atoms with Crippen LogP contribution in [0.5, 0.6) is 34.5 Å². The first-order valence-corrected chi connectivity index (χ1v) is 25.3. The largest absolute Gasteiger partial charge is 0.507 e. The molecular weight excluding hydrogens is 829 g/mol. The third kappa shape index (κ3) is 8.78. The minimum absolute atomic E-state index is 0.252. The highest BCUT2D eigenvalue weighted by molar-refractivity contribution is 5.90. The Bertz CT molecular complexity index is 2590. The summed E-state index contributed by atoms with van der Waals surface area (Å²) in [4.78, 5) is 0. The molecule has 67 heavy (non-hydrogen) atoms. The predicted octanol–water partition coefficient (Wildman–Crippen LogP) is 14.5. The second kappa shape index (κ2) is 19.0. The summed E-state index contributed by atoms with van der Waals surface area (Å²) < 4.78 is 25.3. The minimum Gasteiger partial charge on any atom is -0.507 e. The van der Waals surface area contributed by atoms with Gasteiger partial charge >= 0.3 is 0 Å². The number of phenols is 2. The van der Waals surface area contributed by atoms with Crippen molar-refractivity contribution in [2.75, 3.05) is 14.2 Å². The van der Waals surface area contributed by atoms with Crippen LogP contribution in [0.4, 0.5) is 0 Å². The van der Waals surface area contributed by atoms with Gasteiger partial charge in [0, 0.05) is 39.8 Å². The molecular formula is C61H68O6. The summed E-state index contributed by atoms with van der Waals surface area (Å²) in [5.41, 5.74) is 21.2. The smallest absolute Gasteiger partial charge is 0.131 e. The van der Waals surface area contributed by atoms with E-state index in [0.717, 1.165) is 95.9 Å². The van der Waals surface area contributed by atoms with Crippen molar-refractivity contribution < 1.29 is 29.2 Å². The first-order chi connectivity index (χ1) is 32.6. The van der Waals surface area contributed by atoms with Gasteiger partial charge < -0.3 is 29.2 Å². The van der Waals surface area contributed by atoms with E-state index in [4.69, 9.17) is 18.9 Å². The molecule has 0 saturated carbocycles. The number of benzene rings is 6. The highest BCUT2D eigenvalue weighted by Crippen LogP contribution is 2.50. The number of hydrogen-bond acceptors (Lipinski definition) is 6. The Morgan fingerprint density at radius 2 is 0.746 bits per heavy atom. The fourth-order valence-electron chi connectivity index (χ4n) is 12.2. The Morgan fingerprint density at radius 3 is 1.09 bits per heavy atom. The van der Waals surface area contributed by atoms with E-state index in [2.05, 4.69) is 64.1 Å². The first-order valence-electron chi connectivity index (χ1n) is 25.3. The summed E-state index contributed by atoms with van der Waals surface area (Å²) in [6, 6.07) is 25.3. The molecule has 348 valence electrons. The minimum atomic E-state index is -0.252. The lowest BCUT2D eigenvalue weighted by Gasteiger charge is -2.29. The molecule has 0 aromatic heterocycles. The number of ether oxygens (including phenoxy) is 4. The fourth-order valence-corrected chi connectivity index (χ4v) is 12.2. The quantitative estimate of drug-likeness (QED) is 0.127. The number of aryl methyl sites for hydroxylation is 6. The van der Waals surface area contributed by atoms with Crippen molar-refractivity contribution in [1.82, 2.24) is 0 Å². The van der Waals surface area contributed by atoms with Crippen LogP contribution in [0.3, 0.4) is 0 Å². The lowest BCUT2D eigenvalue weighted by atomic mass is 9.76. The molecule has 10 rings (SSSR count). The molecule has 4 aliphatic rings. The van der Waals surface area contributed by atoms with E-state index >= 15 is 0 Å². The van der Waals surface area contributed by atoms with E-state index in [9.17, 15) is 10.2 Å². The lowest BCUT2D eigenvalue weighted by Crippen LogP contribution is -2.23. The standard InChI is InChI=1S/C61H68O6/c1-36-27-52(60(62)54(29-36)58-46-19-11-7-15-40(46)32-41-16-8-12-20-47(41)58)50-34-44(64-5)23-25-56(50)66-38(3)31-39(4)67-57-26-24-45(65-6)35-51(57)53-28-37(2)30-55(61(53)63)59-48-21-13-9-17-42(48)33-43-18-10-14-22-49(43)59/h23-30,32-35,38-39,62-63H,7-22,31H2,1-6H3/t38-,39-/m1/s1. The number of hydrogen-bond donors (Lipinski definition) is 2. The summed E-state index contributed by atoms with van der Waals surface area (Å²) in [7, 11) is 3.36. The van der Waals surface area contributed by atoms with Gasteiger partial charge in [0.25, 0.3) is 0 Å². The van der Waals surface area contributed by atoms with E-state index in [1.54, 1.807) is 14.2 Å². The Balaban J connectivity index is 0.958. The number of methoxy groups -OCH3 is 2. The van der Waals surface area contributed by atoms with E-state index in [1.165, 1.54) is 107 Å². The van der Waals surface area contributed by atoms with Crippen LogP contribution in [-0.4, -0.2) is 36.6 Å². The van der Waals surface area contributed by atoms with Crippen LogP contribution in [0, 0.1) is 13.8 Å². The van der Waals surface area contributed by atoms with Crippen molar-refractivity contribution in [2.45, 2.75) is 149 Å². The van der Waals surface area contributed by atoms with Crippen LogP contribution in [0.25, 0.3) is 44.5 Å². The van der Waals surface area contributed by atoms with Crippen molar-refractivity contribution in [3.8, 4) is 79.0 Å². The molecule has 0 amide bonds. The van der Waals surface area contributed by atoms with Gasteiger partial charge in [-0.2, -0.15) is 0 Å². The van der Waals surface area contributed by atoms with Crippen LogP contribution in [0.15, 0.2) is 72.8 Å². The van der Waals surface area contributed by atoms with Gasteiger partial charge in [-0.3, -0.25) is 0 Å². The Hall–Kier alpha value is -5.88. The van der Waals surface area contributed by atoms with E-state index in [-0.39, 0.29) is 12.2 Å². The molecule has 6 aromatic carbocycles. The number of fused-ring (bicyclic) bond motifs is 4. The molecule has 0 heterocycles. The van der Waals surface area contributed by atoms with E-state index in [0.29, 0.717) is 40.9 Å². The molecule has 6 heteroatoms. The summed E-state index contributed by atoms with van der Waals surface area (Å²) in [5, 5.41) is 25.0. The van der Waals surface area contributed by atoms with Crippen LogP contribution in [-0.2, 0) is 51.4 Å². The molecule has 6 nitrogen and oxygen atoms in total. The van der Waals surface area contributed by atoms with Crippen LogP contribution >= 0.6 is 0 Å². The first kappa shape index (κ1) is 44.9. The maximum Gasteiger partial charge on any atom is 0.131 e. The average molecular weight is 897 g/mol. The molecule has 2 atom stereocenters. The van der Waals surface area contributed by atoms with Crippen molar-refractivity contribution >= 4 is 0 Å². The normalized spacial score (nSPS) is 16.2.